The molecular weight excluding hydrogens is 268 g/mol. The van der Waals surface area contributed by atoms with Gasteiger partial charge in [0.2, 0.25) is 0 Å². The molecule has 0 spiro atoms. The fourth-order valence-corrected chi connectivity index (χ4v) is 2.85. The quantitative estimate of drug-likeness (QED) is 0.911. The summed E-state index contributed by atoms with van der Waals surface area (Å²) in [6.07, 6.45) is 1.07. The van der Waals surface area contributed by atoms with E-state index in [1.807, 2.05) is 35.6 Å². The number of nitrogens with one attached hydrogen (secondary N) is 1. The summed E-state index contributed by atoms with van der Waals surface area (Å²) in [5, 5.41) is 3.37. The van der Waals surface area contributed by atoms with Crippen molar-refractivity contribution in [3.63, 3.8) is 0 Å². The Bertz CT molecular complexity index is 590. The lowest BCUT2D eigenvalue weighted by Crippen LogP contribution is -2.22. The van der Waals surface area contributed by atoms with E-state index < -0.39 is 0 Å². The van der Waals surface area contributed by atoms with Gasteiger partial charge in [-0.3, -0.25) is 4.79 Å². The SMILES string of the molecule is CCc1ccc(CNc2ccccc2C(=O)N(C)C)s1. The Hall–Kier alpha value is -1.81. The van der Waals surface area contributed by atoms with E-state index in [1.165, 1.54) is 9.75 Å². The van der Waals surface area contributed by atoms with Gasteiger partial charge in [-0.2, -0.15) is 0 Å². The van der Waals surface area contributed by atoms with Crippen LogP contribution in [-0.2, 0) is 13.0 Å². The molecule has 1 heterocycles. The molecule has 0 atom stereocenters. The standard InChI is InChI=1S/C16H20N2OS/c1-4-12-9-10-13(20-12)11-17-15-8-6-5-7-14(15)16(19)18(2)3/h5-10,17H,4,11H2,1-3H3. The first kappa shape index (κ1) is 14.6. The molecule has 0 aliphatic rings. The van der Waals surface area contributed by atoms with Crippen LogP contribution in [0.25, 0.3) is 0 Å². The molecule has 20 heavy (non-hydrogen) atoms. The van der Waals surface area contributed by atoms with Crippen molar-refractivity contribution in [3.05, 3.63) is 51.7 Å². The van der Waals surface area contributed by atoms with Crippen LogP contribution in [0.15, 0.2) is 36.4 Å². The number of hydrogen-bond acceptors (Lipinski definition) is 3. The van der Waals surface area contributed by atoms with Crippen molar-refractivity contribution in [1.82, 2.24) is 4.90 Å². The topological polar surface area (TPSA) is 32.3 Å². The van der Waals surface area contributed by atoms with E-state index in [2.05, 4.69) is 24.4 Å². The predicted molar refractivity (Wildman–Crippen MR) is 85.5 cm³/mol. The van der Waals surface area contributed by atoms with Crippen molar-refractivity contribution in [2.24, 2.45) is 0 Å². The molecule has 0 unspecified atom stereocenters. The zero-order valence-electron chi connectivity index (χ0n) is 12.1. The number of carbonyl (C=O) groups is 1. The molecule has 4 heteroatoms. The Balaban J connectivity index is 2.11. The number of aryl methyl sites for hydroxylation is 1. The highest BCUT2D eigenvalue weighted by atomic mass is 32.1. The average Bonchev–Trinajstić information content (AvgIpc) is 2.92. The monoisotopic (exact) mass is 288 g/mol. The van der Waals surface area contributed by atoms with Gasteiger partial charge in [0.25, 0.3) is 5.91 Å². The maximum Gasteiger partial charge on any atom is 0.255 e. The summed E-state index contributed by atoms with van der Waals surface area (Å²) in [5.74, 6) is 0.0218. The fourth-order valence-electron chi connectivity index (χ4n) is 1.95. The van der Waals surface area contributed by atoms with E-state index in [9.17, 15) is 4.79 Å². The van der Waals surface area contributed by atoms with Crippen LogP contribution >= 0.6 is 11.3 Å². The van der Waals surface area contributed by atoms with Crippen LogP contribution in [0.4, 0.5) is 5.69 Å². The van der Waals surface area contributed by atoms with Gasteiger partial charge in [0.15, 0.2) is 0 Å². The van der Waals surface area contributed by atoms with Crippen LogP contribution in [0.1, 0.15) is 27.0 Å². The number of rotatable bonds is 5. The summed E-state index contributed by atoms with van der Waals surface area (Å²) in [4.78, 5) is 16.4. The molecule has 0 aliphatic heterocycles. The minimum Gasteiger partial charge on any atom is -0.380 e. The highest BCUT2D eigenvalue weighted by Gasteiger charge is 2.12. The lowest BCUT2D eigenvalue weighted by Gasteiger charge is -2.14. The summed E-state index contributed by atoms with van der Waals surface area (Å²) in [6.45, 7) is 2.91. The summed E-state index contributed by atoms with van der Waals surface area (Å²) in [6, 6.07) is 12.0. The van der Waals surface area contributed by atoms with Gasteiger partial charge < -0.3 is 10.2 Å². The molecule has 2 aromatic rings. The maximum atomic E-state index is 12.1. The first-order valence-corrected chi connectivity index (χ1v) is 7.55. The van der Waals surface area contributed by atoms with E-state index in [4.69, 9.17) is 0 Å². The molecule has 1 aromatic heterocycles. The zero-order chi connectivity index (χ0) is 14.5. The molecule has 1 N–H and O–H groups in total. The van der Waals surface area contributed by atoms with Gasteiger partial charge in [-0.05, 0) is 30.7 Å². The Morgan fingerprint density at radius 3 is 2.50 bits per heavy atom. The molecule has 0 saturated carbocycles. The average molecular weight is 288 g/mol. The van der Waals surface area contributed by atoms with Crippen molar-refractivity contribution in [2.45, 2.75) is 19.9 Å². The maximum absolute atomic E-state index is 12.1. The predicted octanol–water partition coefficient (Wildman–Crippen LogP) is 3.62. The third kappa shape index (κ3) is 3.39. The third-order valence-corrected chi connectivity index (χ3v) is 4.31. The second kappa shape index (κ2) is 6.57. The van der Waals surface area contributed by atoms with E-state index in [0.717, 1.165) is 18.7 Å². The minimum atomic E-state index is 0.0218. The number of hydrogen-bond donors (Lipinski definition) is 1. The van der Waals surface area contributed by atoms with Gasteiger partial charge in [0.05, 0.1) is 5.56 Å². The van der Waals surface area contributed by atoms with E-state index in [1.54, 1.807) is 19.0 Å². The third-order valence-electron chi connectivity index (χ3n) is 3.08. The van der Waals surface area contributed by atoms with Crippen molar-refractivity contribution >= 4 is 22.9 Å². The van der Waals surface area contributed by atoms with Crippen LogP contribution in [0.3, 0.4) is 0 Å². The van der Waals surface area contributed by atoms with Gasteiger partial charge in [0.1, 0.15) is 0 Å². The van der Waals surface area contributed by atoms with Crippen molar-refractivity contribution < 1.29 is 4.79 Å². The number of anilines is 1. The molecule has 1 aromatic carbocycles. The molecule has 1 amide bonds. The number of carbonyl (C=O) groups excluding carboxylic acids is 1. The normalized spacial score (nSPS) is 10.3. The first-order valence-electron chi connectivity index (χ1n) is 6.74. The first-order chi connectivity index (χ1) is 9.61. The minimum absolute atomic E-state index is 0.0218. The van der Waals surface area contributed by atoms with Crippen molar-refractivity contribution in [3.8, 4) is 0 Å². The smallest absolute Gasteiger partial charge is 0.255 e. The number of benzene rings is 1. The second-order valence-corrected chi connectivity index (χ2v) is 6.07. The van der Waals surface area contributed by atoms with Crippen LogP contribution < -0.4 is 5.32 Å². The summed E-state index contributed by atoms with van der Waals surface area (Å²) < 4.78 is 0. The number of para-hydroxylation sites is 1. The Labute approximate surface area is 124 Å². The Morgan fingerprint density at radius 2 is 1.85 bits per heavy atom. The van der Waals surface area contributed by atoms with Crippen LogP contribution in [0.5, 0.6) is 0 Å². The molecule has 0 aliphatic carbocycles. The molecule has 0 saturated heterocycles. The number of nitrogens with zero attached hydrogens (tertiary/aromatic N) is 1. The van der Waals surface area contributed by atoms with Crippen molar-refractivity contribution in [2.75, 3.05) is 19.4 Å². The van der Waals surface area contributed by atoms with Crippen LogP contribution in [0.2, 0.25) is 0 Å². The van der Waals surface area contributed by atoms with Gasteiger partial charge in [-0.15, -0.1) is 11.3 Å². The Morgan fingerprint density at radius 1 is 1.15 bits per heavy atom. The van der Waals surface area contributed by atoms with Gasteiger partial charge in [-0.25, -0.2) is 0 Å². The molecule has 0 fully saturated rings. The van der Waals surface area contributed by atoms with Crippen molar-refractivity contribution in [1.29, 1.82) is 0 Å². The lowest BCUT2D eigenvalue weighted by atomic mass is 10.1. The van der Waals surface area contributed by atoms with Crippen LogP contribution in [0, 0.1) is 0 Å². The summed E-state index contributed by atoms with van der Waals surface area (Å²) in [5.41, 5.74) is 1.60. The highest BCUT2D eigenvalue weighted by Crippen LogP contribution is 2.21. The molecule has 2 rings (SSSR count). The van der Waals surface area contributed by atoms with E-state index in [-0.39, 0.29) is 5.91 Å². The van der Waals surface area contributed by atoms with E-state index in [0.29, 0.717) is 5.56 Å². The number of amides is 1. The van der Waals surface area contributed by atoms with Gasteiger partial charge in [-0.1, -0.05) is 19.1 Å². The highest BCUT2D eigenvalue weighted by molar-refractivity contribution is 7.12. The second-order valence-electron chi connectivity index (χ2n) is 4.82. The van der Waals surface area contributed by atoms with Gasteiger partial charge >= 0.3 is 0 Å². The van der Waals surface area contributed by atoms with E-state index >= 15 is 0 Å². The molecular formula is C16H20N2OS. The Kier molecular flexibility index (Phi) is 4.79. The van der Waals surface area contributed by atoms with Crippen LogP contribution in [-0.4, -0.2) is 24.9 Å². The largest absolute Gasteiger partial charge is 0.380 e. The molecule has 0 bridgehead atoms. The zero-order valence-corrected chi connectivity index (χ0v) is 13.0. The fraction of sp³-hybridized carbons (Fsp3) is 0.312. The summed E-state index contributed by atoms with van der Waals surface area (Å²) >= 11 is 1.81. The number of thiophene rings is 1. The molecule has 3 nitrogen and oxygen atoms in total. The van der Waals surface area contributed by atoms with Gasteiger partial charge in [0, 0.05) is 36.1 Å². The lowest BCUT2D eigenvalue weighted by molar-refractivity contribution is 0.0828. The molecule has 106 valence electrons. The summed E-state index contributed by atoms with van der Waals surface area (Å²) in [7, 11) is 3.54. The molecule has 0 radical (unpaired) electrons.